The van der Waals surface area contributed by atoms with Crippen LogP contribution in [0.15, 0.2) is 11.0 Å². The highest BCUT2D eigenvalue weighted by Gasteiger charge is 2.56. The summed E-state index contributed by atoms with van der Waals surface area (Å²) in [5.74, 6) is 1.53. The Morgan fingerprint density at radius 1 is 1.39 bits per heavy atom. The first-order valence-corrected chi connectivity index (χ1v) is 10.5. The van der Waals surface area contributed by atoms with Gasteiger partial charge in [0.2, 0.25) is 0 Å². The molecule has 4 saturated carbocycles. The molecule has 2 radical (unpaired) electrons. The molecule has 28 heavy (non-hydrogen) atoms. The van der Waals surface area contributed by atoms with Crippen LogP contribution in [0.25, 0.3) is 0 Å². The maximum absolute atomic E-state index is 13.0. The Kier molecular flexibility index (Phi) is 4.63. The smallest absolute Gasteiger partial charge is 0.334 e. The first-order valence-electron chi connectivity index (χ1n) is 10.5. The van der Waals surface area contributed by atoms with Gasteiger partial charge in [-0.15, -0.1) is 0 Å². The highest BCUT2D eigenvalue weighted by atomic mass is 16.5. The molecule has 7 heteroatoms. The lowest BCUT2D eigenvalue weighted by atomic mass is 9.44. The molecule has 0 spiro atoms. The van der Waals surface area contributed by atoms with Crippen LogP contribution in [-0.4, -0.2) is 36.2 Å². The van der Waals surface area contributed by atoms with Crippen LogP contribution >= 0.6 is 0 Å². The molecular weight excluding hydrogens is 353 g/mol. The van der Waals surface area contributed by atoms with Crippen LogP contribution in [0.5, 0.6) is 0 Å². The maximum Gasteiger partial charge on any atom is 0.334 e. The number of rotatable bonds is 5. The second kappa shape index (κ2) is 6.63. The molecule has 2 bridgehead atoms. The van der Waals surface area contributed by atoms with E-state index in [1.807, 2.05) is 0 Å². The summed E-state index contributed by atoms with van der Waals surface area (Å²) in [6, 6.07) is 0.291. The van der Waals surface area contributed by atoms with Crippen LogP contribution in [0, 0.1) is 23.2 Å². The summed E-state index contributed by atoms with van der Waals surface area (Å²) in [6.45, 7) is 9.06. The van der Waals surface area contributed by atoms with E-state index >= 15 is 0 Å². The third-order valence-electron chi connectivity index (χ3n) is 7.95. The highest BCUT2D eigenvalue weighted by Crippen LogP contribution is 2.61. The van der Waals surface area contributed by atoms with Gasteiger partial charge in [0.25, 0.3) is 5.56 Å². The molecule has 0 unspecified atom stereocenters. The van der Waals surface area contributed by atoms with E-state index in [4.69, 9.17) is 12.6 Å². The molecule has 1 N–H and O–H groups in total. The first kappa shape index (κ1) is 19.5. The standard InChI is InChI=1S/C21H30BN3O3/c1-5-28-19(27)21(7-6-8-21)25-18(26)17(22)16(11-23-25)24-15-10-13-9-14(12(15)2)20(13,3)4/h11-15,24H,5-10H2,1-4H3/t12-,13+,14-,15-/m1/s1. The molecule has 4 aliphatic rings. The molecule has 1 aromatic heterocycles. The maximum atomic E-state index is 13.0. The zero-order valence-electron chi connectivity index (χ0n) is 17.3. The number of ether oxygens (including phenoxy) is 1. The van der Waals surface area contributed by atoms with Gasteiger partial charge in [0, 0.05) is 6.04 Å². The minimum atomic E-state index is -0.997. The summed E-state index contributed by atoms with van der Waals surface area (Å²) in [7, 11) is 6.21. The lowest BCUT2D eigenvalue weighted by molar-refractivity contribution is -0.160. The Labute approximate surface area is 167 Å². The van der Waals surface area contributed by atoms with Crippen molar-refractivity contribution in [2.75, 3.05) is 11.9 Å². The molecule has 6 nitrogen and oxygen atoms in total. The van der Waals surface area contributed by atoms with E-state index in [-0.39, 0.29) is 18.0 Å². The van der Waals surface area contributed by atoms with Gasteiger partial charge in [0.1, 0.15) is 7.85 Å². The molecule has 0 aromatic carbocycles. The number of carbonyl (C=O) groups excluding carboxylic acids is 1. The Balaban J connectivity index is 1.57. The van der Waals surface area contributed by atoms with E-state index in [1.165, 1.54) is 11.1 Å². The van der Waals surface area contributed by atoms with E-state index < -0.39 is 11.1 Å². The number of fused-ring (bicyclic) bond motifs is 2. The van der Waals surface area contributed by atoms with Crippen LogP contribution in [0.4, 0.5) is 5.69 Å². The van der Waals surface area contributed by atoms with Crippen molar-refractivity contribution >= 4 is 25.0 Å². The third-order valence-corrected chi connectivity index (χ3v) is 7.95. The van der Waals surface area contributed by atoms with E-state index in [2.05, 4.69) is 31.2 Å². The number of hydrogen-bond acceptors (Lipinski definition) is 5. The molecule has 5 rings (SSSR count). The SMILES string of the molecule is [B]c1c(N[C@@H]2C[C@@H]3C[C@H]([C@H]2C)C3(C)C)cnn(C2(C(=O)OCC)CCC2)c1=O. The molecule has 150 valence electrons. The number of carbonyl (C=O) groups is 1. The lowest BCUT2D eigenvalue weighted by Gasteiger charge is -2.62. The quantitative estimate of drug-likeness (QED) is 0.622. The largest absolute Gasteiger partial charge is 0.464 e. The number of hydrogen-bond donors (Lipinski definition) is 1. The lowest BCUT2D eigenvalue weighted by Crippen LogP contribution is -2.59. The van der Waals surface area contributed by atoms with Crippen molar-refractivity contribution in [2.24, 2.45) is 23.2 Å². The number of esters is 1. The molecule has 0 aliphatic heterocycles. The summed E-state index contributed by atoms with van der Waals surface area (Å²) in [5.41, 5.74) is -0.289. The predicted molar refractivity (Wildman–Crippen MR) is 109 cm³/mol. The fraction of sp³-hybridized carbons (Fsp3) is 0.762. The van der Waals surface area contributed by atoms with Gasteiger partial charge in [-0.3, -0.25) is 4.79 Å². The second-order valence-corrected chi connectivity index (χ2v) is 9.50. The predicted octanol–water partition coefficient (Wildman–Crippen LogP) is 1.96. The van der Waals surface area contributed by atoms with E-state index in [0.717, 1.165) is 12.8 Å². The minimum Gasteiger partial charge on any atom is -0.464 e. The molecule has 1 heterocycles. The van der Waals surface area contributed by atoms with Gasteiger partial charge in [-0.1, -0.05) is 20.8 Å². The zero-order chi connectivity index (χ0) is 20.3. The fourth-order valence-electron chi connectivity index (χ4n) is 5.71. The Bertz CT molecular complexity index is 846. The second-order valence-electron chi connectivity index (χ2n) is 9.50. The van der Waals surface area contributed by atoms with Gasteiger partial charge in [0.05, 0.1) is 18.5 Å². The molecular formula is C21H30BN3O3. The molecule has 4 aliphatic carbocycles. The minimum absolute atomic E-state index is 0.135. The van der Waals surface area contributed by atoms with E-state index in [9.17, 15) is 9.59 Å². The highest BCUT2D eigenvalue weighted by molar-refractivity contribution is 6.35. The van der Waals surface area contributed by atoms with Crippen molar-refractivity contribution in [1.29, 1.82) is 0 Å². The summed E-state index contributed by atoms with van der Waals surface area (Å²) < 4.78 is 6.46. The summed E-state index contributed by atoms with van der Waals surface area (Å²) in [6.07, 6.45) is 5.97. The van der Waals surface area contributed by atoms with Crippen molar-refractivity contribution in [2.45, 2.75) is 71.4 Å². The first-order chi connectivity index (χ1) is 13.2. The van der Waals surface area contributed by atoms with Gasteiger partial charge in [-0.25, -0.2) is 9.48 Å². The Morgan fingerprint density at radius 2 is 2.11 bits per heavy atom. The number of anilines is 1. The molecule has 0 amide bonds. The number of aromatic nitrogens is 2. The van der Waals surface area contributed by atoms with Crippen molar-refractivity contribution < 1.29 is 9.53 Å². The van der Waals surface area contributed by atoms with Crippen LogP contribution in [0.2, 0.25) is 0 Å². The normalized spacial score (nSPS) is 32.0. The van der Waals surface area contributed by atoms with E-state index in [1.54, 1.807) is 13.1 Å². The average Bonchev–Trinajstić information content (AvgIpc) is 2.61. The fourth-order valence-corrected chi connectivity index (χ4v) is 5.71. The van der Waals surface area contributed by atoms with Crippen molar-refractivity contribution in [1.82, 2.24) is 9.78 Å². The van der Waals surface area contributed by atoms with Gasteiger partial charge in [0.15, 0.2) is 5.54 Å². The van der Waals surface area contributed by atoms with Gasteiger partial charge >= 0.3 is 5.97 Å². The van der Waals surface area contributed by atoms with Crippen LogP contribution < -0.4 is 16.3 Å². The summed E-state index contributed by atoms with van der Waals surface area (Å²) >= 11 is 0. The van der Waals surface area contributed by atoms with Crippen molar-refractivity contribution in [3.8, 4) is 0 Å². The zero-order valence-corrected chi connectivity index (χ0v) is 17.3. The number of nitrogens with zero attached hydrogens (tertiary/aromatic N) is 2. The molecule has 1 aromatic rings. The van der Waals surface area contributed by atoms with Gasteiger partial charge in [-0.2, -0.15) is 5.10 Å². The van der Waals surface area contributed by atoms with Gasteiger partial charge in [-0.05, 0) is 67.7 Å². The average molecular weight is 383 g/mol. The van der Waals surface area contributed by atoms with Gasteiger partial charge < -0.3 is 10.1 Å². The molecule has 4 atom stereocenters. The summed E-state index contributed by atoms with van der Waals surface area (Å²) in [5, 5.41) is 7.84. The van der Waals surface area contributed by atoms with Crippen LogP contribution in [0.1, 0.15) is 59.8 Å². The topological polar surface area (TPSA) is 73.2 Å². The Morgan fingerprint density at radius 3 is 2.64 bits per heavy atom. The van der Waals surface area contributed by atoms with Crippen molar-refractivity contribution in [3.05, 3.63) is 16.6 Å². The monoisotopic (exact) mass is 383 g/mol. The van der Waals surface area contributed by atoms with E-state index in [0.29, 0.717) is 47.7 Å². The number of nitrogens with one attached hydrogen (secondary N) is 1. The van der Waals surface area contributed by atoms with Crippen molar-refractivity contribution in [3.63, 3.8) is 0 Å². The Hall–Kier alpha value is -1.79. The summed E-state index contributed by atoms with van der Waals surface area (Å²) in [4.78, 5) is 25.4. The molecule has 0 saturated heterocycles. The molecule has 4 fully saturated rings. The third kappa shape index (κ3) is 2.65. The van der Waals surface area contributed by atoms with Crippen LogP contribution in [-0.2, 0) is 15.1 Å². The van der Waals surface area contributed by atoms with Crippen LogP contribution in [0.3, 0.4) is 0 Å².